The fourth-order valence-corrected chi connectivity index (χ4v) is 3.29. The lowest BCUT2D eigenvalue weighted by Crippen LogP contribution is -2.40. The summed E-state index contributed by atoms with van der Waals surface area (Å²) in [7, 11) is 0. The molecule has 0 aromatic heterocycles. The van der Waals surface area contributed by atoms with Crippen molar-refractivity contribution in [3.63, 3.8) is 0 Å². The molecule has 1 aromatic rings. The van der Waals surface area contributed by atoms with Crippen molar-refractivity contribution in [2.24, 2.45) is 11.7 Å². The fraction of sp³-hybridized carbons (Fsp3) is 0.600. The number of piperidine rings is 1. The number of rotatable bonds is 4. The summed E-state index contributed by atoms with van der Waals surface area (Å²) in [5.41, 5.74) is 6.61. The second-order valence-electron chi connectivity index (χ2n) is 5.30. The monoisotopic (exact) mass is 328 g/mol. The summed E-state index contributed by atoms with van der Waals surface area (Å²) in [6, 6.07) is 5.10. The third-order valence-corrected chi connectivity index (χ3v) is 4.70. The predicted molar refractivity (Wildman–Crippen MR) is 80.5 cm³/mol. The van der Waals surface area contributed by atoms with Crippen molar-refractivity contribution >= 4 is 15.9 Å². The Morgan fingerprint density at radius 1 is 1.42 bits per heavy atom. The molecular weight excluding hydrogens is 307 g/mol. The first-order valence-electron chi connectivity index (χ1n) is 7.04. The van der Waals surface area contributed by atoms with E-state index in [1.54, 1.807) is 6.07 Å². The Bertz CT molecular complexity index is 417. The van der Waals surface area contributed by atoms with E-state index in [0.717, 1.165) is 23.5 Å². The van der Waals surface area contributed by atoms with Gasteiger partial charge in [-0.25, -0.2) is 4.39 Å². The van der Waals surface area contributed by atoms with Crippen molar-refractivity contribution in [1.29, 1.82) is 0 Å². The molecule has 0 saturated carbocycles. The van der Waals surface area contributed by atoms with Gasteiger partial charge in [0.2, 0.25) is 0 Å². The van der Waals surface area contributed by atoms with Gasteiger partial charge in [-0.3, -0.25) is 4.90 Å². The fourth-order valence-electron chi connectivity index (χ4n) is 2.92. The highest BCUT2D eigenvalue weighted by Gasteiger charge is 2.26. The molecule has 0 bridgehead atoms. The van der Waals surface area contributed by atoms with E-state index < -0.39 is 0 Å². The van der Waals surface area contributed by atoms with Gasteiger partial charge in [0.25, 0.3) is 0 Å². The molecular formula is C15H22BrFN2. The number of nitrogens with zero attached hydrogens (tertiary/aromatic N) is 1. The third-order valence-electron chi connectivity index (χ3n) is 4.21. The van der Waals surface area contributed by atoms with Gasteiger partial charge in [-0.05, 0) is 50.0 Å². The predicted octanol–water partition coefficient (Wildman–Crippen LogP) is 3.71. The van der Waals surface area contributed by atoms with Crippen LogP contribution >= 0.6 is 15.9 Å². The van der Waals surface area contributed by atoms with Crippen LogP contribution in [0.25, 0.3) is 0 Å². The van der Waals surface area contributed by atoms with Crippen molar-refractivity contribution in [3.8, 4) is 0 Å². The molecule has 1 heterocycles. The van der Waals surface area contributed by atoms with E-state index in [4.69, 9.17) is 5.73 Å². The van der Waals surface area contributed by atoms with E-state index in [-0.39, 0.29) is 11.9 Å². The first-order valence-corrected chi connectivity index (χ1v) is 7.84. The highest BCUT2D eigenvalue weighted by atomic mass is 79.9. The van der Waals surface area contributed by atoms with Crippen molar-refractivity contribution < 1.29 is 4.39 Å². The molecule has 2 nitrogen and oxygen atoms in total. The van der Waals surface area contributed by atoms with Gasteiger partial charge in [0.15, 0.2) is 0 Å². The van der Waals surface area contributed by atoms with Crippen molar-refractivity contribution in [2.75, 3.05) is 19.6 Å². The molecule has 1 unspecified atom stereocenters. The minimum absolute atomic E-state index is 0.00435. The molecule has 1 aliphatic rings. The van der Waals surface area contributed by atoms with Gasteiger partial charge in [0.1, 0.15) is 5.82 Å². The summed E-state index contributed by atoms with van der Waals surface area (Å²) in [5, 5.41) is 0. The van der Waals surface area contributed by atoms with Crippen LogP contribution in [0.1, 0.15) is 37.8 Å². The van der Waals surface area contributed by atoms with Crippen LogP contribution in [0.3, 0.4) is 0 Å². The Morgan fingerprint density at radius 2 is 2.11 bits per heavy atom. The van der Waals surface area contributed by atoms with E-state index in [9.17, 15) is 4.39 Å². The molecule has 0 aliphatic carbocycles. The van der Waals surface area contributed by atoms with Crippen molar-refractivity contribution in [1.82, 2.24) is 4.90 Å². The lowest BCUT2D eigenvalue weighted by atomic mass is 9.92. The Kier molecular flexibility index (Phi) is 5.37. The first kappa shape index (κ1) is 14.9. The van der Waals surface area contributed by atoms with Gasteiger partial charge in [-0.2, -0.15) is 0 Å². The second kappa shape index (κ2) is 6.82. The third kappa shape index (κ3) is 3.56. The van der Waals surface area contributed by atoms with E-state index in [1.807, 2.05) is 6.07 Å². The molecule has 1 saturated heterocycles. The van der Waals surface area contributed by atoms with E-state index in [2.05, 4.69) is 27.8 Å². The molecule has 1 aliphatic heterocycles. The summed E-state index contributed by atoms with van der Waals surface area (Å²) in [6.45, 7) is 4.75. The van der Waals surface area contributed by atoms with E-state index >= 15 is 0 Å². The number of hydrogen-bond acceptors (Lipinski definition) is 2. The minimum atomic E-state index is -0.156. The number of benzene rings is 1. The summed E-state index contributed by atoms with van der Waals surface area (Å²) in [4.78, 5) is 2.33. The van der Waals surface area contributed by atoms with Crippen LogP contribution in [0.4, 0.5) is 4.39 Å². The van der Waals surface area contributed by atoms with Gasteiger partial charge in [0, 0.05) is 22.6 Å². The number of hydrogen-bond donors (Lipinski definition) is 1. The highest BCUT2D eigenvalue weighted by Crippen LogP contribution is 2.30. The maximum absolute atomic E-state index is 14.0. The first-order chi connectivity index (χ1) is 9.15. The Morgan fingerprint density at radius 3 is 2.68 bits per heavy atom. The van der Waals surface area contributed by atoms with Crippen LogP contribution in [0, 0.1) is 11.7 Å². The van der Waals surface area contributed by atoms with E-state index in [0.29, 0.717) is 12.1 Å². The molecule has 1 fully saturated rings. The quantitative estimate of drug-likeness (QED) is 0.912. The largest absolute Gasteiger partial charge is 0.329 e. The van der Waals surface area contributed by atoms with Crippen LogP contribution in [-0.4, -0.2) is 24.5 Å². The van der Waals surface area contributed by atoms with Gasteiger partial charge in [-0.15, -0.1) is 0 Å². The van der Waals surface area contributed by atoms with Crippen LogP contribution < -0.4 is 5.73 Å². The lowest BCUT2D eigenvalue weighted by molar-refractivity contribution is 0.132. The van der Waals surface area contributed by atoms with Crippen LogP contribution in [0.2, 0.25) is 0 Å². The van der Waals surface area contributed by atoms with Gasteiger partial charge >= 0.3 is 0 Å². The summed E-state index contributed by atoms with van der Waals surface area (Å²) < 4.78 is 14.9. The molecule has 2 rings (SSSR count). The molecule has 1 atom stereocenters. The van der Waals surface area contributed by atoms with Crippen LogP contribution in [-0.2, 0) is 0 Å². The van der Waals surface area contributed by atoms with Crippen LogP contribution in [0.5, 0.6) is 0 Å². The number of halogens is 2. The molecule has 0 spiro atoms. The number of likely N-dealkylation sites (tertiary alicyclic amines) is 1. The minimum Gasteiger partial charge on any atom is -0.329 e. The Labute approximate surface area is 123 Å². The second-order valence-corrected chi connectivity index (χ2v) is 6.22. The molecule has 19 heavy (non-hydrogen) atoms. The van der Waals surface area contributed by atoms with Crippen molar-refractivity contribution in [3.05, 3.63) is 34.1 Å². The van der Waals surface area contributed by atoms with Crippen LogP contribution in [0.15, 0.2) is 22.7 Å². The van der Waals surface area contributed by atoms with Gasteiger partial charge in [-0.1, -0.05) is 29.3 Å². The summed E-state index contributed by atoms with van der Waals surface area (Å²) in [5.74, 6) is 0.665. The standard InChI is InChI=1S/C15H22BrFN2/c1-2-11-5-7-19(8-6-11)15(10-18)13-9-12(16)3-4-14(13)17/h3-4,9,11,15H,2,5-8,10,18H2,1H3. The normalized spacial score (nSPS) is 19.6. The smallest absolute Gasteiger partial charge is 0.128 e. The van der Waals surface area contributed by atoms with Gasteiger partial charge in [0.05, 0.1) is 0 Å². The maximum atomic E-state index is 14.0. The highest BCUT2D eigenvalue weighted by molar-refractivity contribution is 9.10. The molecule has 1 aromatic carbocycles. The van der Waals surface area contributed by atoms with Gasteiger partial charge < -0.3 is 5.73 Å². The molecule has 2 N–H and O–H groups in total. The van der Waals surface area contributed by atoms with E-state index in [1.165, 1.54) is 25.3 Å². The lowest BCUT2D eigenvalue weighted by Gasteiger charge is -2.37. The zero-order valence-electron chi connectivity index (χ0n) is 11.4. The van der Waals surface area contributed by atoms with Crippen molar-refractivity contribution in [2.45, 2.75) is 32.2 Å². The summed E-state index contributed by atoms with van der Waals surface area (Å²) >= 11 is 3.41. The summed E-state index contributed by atoms with van der Waals surface area (Å²) in [6.07, 6.45) is 3.64. The molecule has 4 heteroatoms. The molecule has 0 amide bonds. The average molecular weight is 329 g/mol. The Balaban J connectivity index is 2.14. The molecule has 106 valence electrons. The topological polar surface area (TPSA) is 29.3 Å². The Hall–Kier alpha value is -0.450. The average Bonchev–Trinajstić information content (AvgIpc) is 2.44. The zero-order chi connectivity index (χ0) is 13.8. The SMILES string of the molecule is CCC1CCN(C(CN)c2cc(Br)ccc2F)CC1. The zero-order valence-corrected chi connectivity index (χ0v) is 13.0. The molecule has 0 radical (unpaired) electrons. The maximum Gasteiger partial charge on any atom is 0.128 e. The number of nitrogens with two attached hydrogens (primary N) is 1.